The Bertz CT molecular complexity index is 595. The van der Waals surface area contributed by atoms with Crippen molar-refractivity contribution in [2.24, 2.45) is 0 Å². The molecule has 3 rings (SSSR count). The molecule has 0 saturated heterocycles. The Hall–Kier alpha value is -2.09. The maximum Gasteiger partial charge on any atom is 0.193 e. The van der Waals surface area contributed by atoms with E-state index in [-0.39, 0.29) is 5.78 Å². The predicted molar refractivity (Wildman–Crippen MR) is 74.7 cm³/mol. The van der Waals surface area contributed by atoms with Gasteiger partial charge in [-0.25, -0.2) is 0 Å². The highest BCUT2D eigenvalue weighted by Gasteiger charge is 2.23. The van der Waals surface area contributed by atoms with Crippen LogP contribution in [0, 0.1) is 6.92 Å². The third kappa shape index (κ3) is 2.84. The summed E-state index contributed by atoms with van der Waals surface area (Å²) in [5.74, 6) is 0.907. The molecule has 96 valence electrons. The van der Waals surface area contributed by atoms with Gasteiger partial charge in [-0.05, 0) is 50.1 Å². The van der Waals surface area contributed by atoms with Crippen LogP contribution in [0.4, 0.5) is 0 Å². The summed E-state index contributed by atoms with van der Waals surface area (Å²) in [5.41, 5.74) is 2.53. The van der Waals surface area contributed by atoms with E-state index in [2.05, 4.69) is 0 Å². The third-order valence-corrected chi connectivity index (χ3v) is 3.22. The number of carbonyl (C=O) groups excluding carboxylic acids is 1. The van der Waals surface area contributed by atoms with Gasteiger partial charge in [-0.15, -0.1) is 0 Å². The SMILES string of the molecule is Cc1cccc(C(=O)c2ccc(OC3CC3)cc2)c1. The maximum absolute atomic E-state index is 12.3. The summed E-state index contributed by atoms with van der Waals surface area (Å²) in [6.45, 7) is 1.99. The zero-order valence-corrected chi connectivity index (χ0v) is 10.9. The Labute approximate surface area is 113 Å². The molecular weight excluding hydrogens is 236 g/mol. The topological polar surface area (TPSA) is 26.3 Å². The van der Waals surface area contributed by atoms with E-state index in [9.17, 15) is 4.79 Å². The molecule has 0 radical (unpaired) electrons. The molecule has 0 atom stereocenters. The fraction of sp³-hybridized carbons (Fsp3) is 0.235. The minimum atomic E-state index is 0.0571. The van der Waals surface area contributed by atoms with Gasteiger partial charge < -0.3 is 4.74 Å². The molecule has 1 fully saturated rings. The number of benzene rings is 2. The number of carbonyl (C=O) groups is 1. The van der Waals surface area contributed by atoms with Gasteiger partial charge in [0.25, 0.3) is 0 Å². The lowest BCUT2D eigenvalue weighted by Gasteiger charge is -2.06. The number of ether oxygens (including phenoxy) is 1. The number of aryl methyl sites for hydroxylation is 1. The van der Waals surface area contributed by atoms with Crippen molar-refractivity contribution in [1.29, 1.82) is 0 Å². The van der Waals surface area contributed by atoms with Gasteiger partial charge in [0.15, 0.2) is 5.78 Å². The second-order valence-electron chi connectivity index (χ2n) is 5.04. The van der Waals surface area contributed by atoms with Crippen molar-refractivity contribution in [3.05, 3.63) is 65.2 Å². The first-order valence-corrected chi connectivity index (χ1v) is 6.60. The van der Waals surface area contributed by atoms with Crippen molar-refractivity contribution < 1.29 is 9.53 Å². The molecule has 0 aliphatic heterocycles. The van der Waals surface area contributed by atoms with Crippen molar-refractivity contribution in [3.8, 4) is 5.75 Å². The molecule has 0 N–H and O–H groups in total. The van der Waals surface area contributed by atoms with E-state index in [1.54, 1.807) is 0 Å². The molecule has 1 aliphatic carbocycles. The van der Waals surface area contributed by atoms with Crippen LogP contribution in [0.3, 0.4) is 0 Å². The van der Waals surface area contributed by atoms with Crippen molar-refractivity contribution in [2.75, 3.05) is 0 Å². The second kappa shape index (κ2) is 4.88. The zero-order chi connectivity index (χ0) is 13.2. The van der Waals surface area contributed by atoms with Crippen molar-refractivity contribution in [1.82, 2.24) is 0 Å². The molecule has 0 amide bonds. The molecule has 0 heterocycles. The minimum absolute atomic E-state index is 0.0571. The quantitative estimate of drug-likeness (QED) is 0.774. The van der Waals surface area contributed by atoms with Crippen molar-refractivity contribution in [3.63, 3.8) is 0 Å². The van der Waals surface area contributed by atoms with Crippen molar-refractivity contribution >= 4 is 5.78 Å². The summed E-state index contributed by atoms with van der Waals surface area (Å²) in [7, 11) is 0. The first kappa shape index (κ1) is 12.0. The summed E-state index contributed by atoms with van der Waals surface area (Å²) in [6, 6.07) is 15.1. The van der Waals surface area contributed by atoms with E-state index in [1.807, 2.05) is 55.5 Å². The van der Waals surface area contributed by atoms with Gasteiger partial charge in [-0.1, -0.05) is 23.8 Å². The van der Waals surface area contributed by atoms with Crippen LogP contribution in [-0.4, -0.2) is 11.9 Å². The highest BCUT2D eigenvalue weighted by atomic mass is 16.5. The summed E-state index contributed by atoms with van der Waals surface area (Å²) >= 11 is 0. The highest BCUT2D eigenvalue weighted by Crippen LogP contribution is 2.27. The Morgan fingerprint density at radius 1 is 1.05 bits per heavy atom. The van der Waals surface area contributed by atoms with Gasteiger partial charge in [-0.3, -0.25) is 4.79 Å². The summed E-state index contributed by atoms with van der Waals surface area (Å²) in [5, 5.41) is 0. The minimum Gasteiger partial charge on any atom is -0.490 e. The monoisotopic (exact) mass is 252 g/mol. The Kier molecular flexibility index (Phi) is 3.08. The van der Waals surface area contributed by atoms with Gasteiger partial charge in [0.1, 0.15) is 5.75 Å². The van der Waals surface area contributed by atoms with Crippen LogP contribution in [0.2, 0.25) is 0 Å². The molecular formula is C17H16O2. The average Bonchev–Trinajstić information content (AvgIpc) is 3.23. The number of ketones is 1. The predicted octanol–water partition coefficient (Wildman–Crippen LogP) is 3.77. The molecule has 2 aromatic rings. The van der Waals surface area contributed by atoms with Crippen molar-refractivity contribution in [2.45, 2.75) is 25.9 Å². The van der Waals surface area contributed by atoms with Crippen LogP contribution >= 0.6 is 0 Å². The Balaban J connectivity index is 1.79. The van der Waals surface area contributed by atoms with Crippen LogP contribution in [0.5, 0.6) is 5.75 Å². The Morgan fingerprint density at radius 2 is 1.79 bits per heavy atom. The molecule has 0 unspecified atom stereocenters. The van der Waals surface area contributed by atoms with E-state index < -0.39 is 0 Å². The molecule has 19 heavy (non-hydrogen) atoms. The fourth-order valence-electron chi connectivity index (χ4n) is 2.02. The van der Waals surface area contributed by atoms with Gasteiger partial charge in [0.05, 0.1) is 6.10 Å². The molecule has 0 bridgehead atoms. The van der Waals surface area contributed by atoms with Gasteiger partial charge in [0, 0.05) is 11.1 Å². The summed E-state index contributed by atoms with van der Waals surface area (Å²) < 4.78 is 5.67. The van der Waals surface area contributed by atoms with E-state index in [0.29, 0.717) is 11.7 Å². The smallest absolute Gasteiger partial charge is 0.193 e. The average molecular weight is 252 g/mol. The normalized spacial score (nSPS) is 14.2. The van der Waals surface area contributed by atoms with Crippen LogP contribution in [0.1, 0.15) is 34.3 Å². The number of hydrogen-bond donors (Lipinski definition) is 0. The fourth-order valence-corrected chi connectivity index (χ4v) is 2.02. The number of hydrogen-bond acceptors (Lipinski definition) is 2. The molecule has 0 spiro atoms. The van der Waals surface area contributed by atoms with E-state index >= 15 is 0 Å². The standard InChI is InChI=1S/C17H16O2/c1-12-3-2-4-14(11-12)17(18)13-5-7-15(8-6-13)19-16-9-10-16/h2-8,11,16H,9-10H2,1H3. The molecule has 1 saturated carbocycles. The summed E-state index contributed by atoms with van der Waals surface area (Å²) in [4.78, 5) is 12.3. The van der Waals surface area contributed by atoms with E-state index in [1.165, 1.54) is 0 Å². The van der Waals surface area contributed by atoms with Gasteiger partial charge in [0.2, 0.25) is 0 Å². The highest BCUT2D eigenvalue weighted by molar-refractivity contribution is 6.09. The lowest BCUT2D eigenvalue weighted by molar-refractivity contribution is 0.103. The molecule has 2 nitrogen and oxygen atoms in total. The molecule has 2 aromatic carbocycles. The van der Waals surface area contributed by atoms with E-state index in [4.69, 9.17) is 4.74 Å². The third-order valence-electron chi connectivity index (χ3n) is 3.22. The van der Waals surface area contributed by atoms with Crippen LogP contribution in [-0.2, 0) is 0 Å². The molecule has 1 aliphatic rings. The maximum atomic E-state index is 12.3. The Morgan fingerprint density at radius 3 is 2.42 bits per heavy atom. The zero-order valence-electron chi connectivity index (χ0n) is 10.9. The lowest BCUT2D eigenvalue weighted by Crippen LogP contribution is -2.02. The van der Waals surface area contributed by atoms with E-state index in [0.717, 1.165) is 29.7 Å². The largest absolute Gasteiger partial charge is 0.490 e. The first-order chi connectivity index (χ1) is 9.22. The second-order valence-corrected chi connectivity index (χ2v) is 5.04. The summed E-state index contributed by atoms with van der Waals surface area (Å²) in [6.07, 6.45) is 2.67. The number of rotatable bonds is 4. The first-order valence-electron chi connectivity index (χ1n) is 6.60. The van der Waals surface area contributed by atoms with Crippen LogP contribution < -0.4 is 4.74 Å². The van der Waals surface area contributed by atoms with Gasteiger partial charge >= 0.3 is 0 Å². The van der Waals surface area contributed by atoms with Gasteiger partial charge in [-0.2, -0.15) is 0 Å². The molecule has 0 aromatic heterocycles. The molecule has 2 heteroatoms. The lowest BCUT2D eigenvalue weighted by atomic mass is 10.0. The van der Waals surface area contributed by atoms with Crippen LogP contribution in [0.15, 0.2) is 48.5 Å². The van der Waals surface area contributed by atoms with Crippen LogP contribution in [0.25, 0.3) is 0 Å².